The molecule has 2 amide bonds. The number of benzene rings is 1. The van der Waals surface area contributed by atoms with Gasteiger partial charge in [-0.05, 0) is 50.1 Å². The standard InChI is InChI=1S/C28H34N6O3/c1-19(28(36)31-26-17-24(32-33-26)20-9-10-20)21-6-4-7-22(16-21)23-11-12-25(29-18-23)30-27(35)8-5-13-34(2)14-15-37-3/h4-8,11-12,16-20H,9-10,13-15H2,1-3H3,(H,29,30,35)(H2,31,32,33,36)/b8-5+. The molecular formula is C28H34N6O3. The van der Waals surface area contributed by atoms with Gasteiger partial charge in [-0.25, -0.2) is 4.98 Å². The summed E-state index contributed by atoms with van der Waals surface area (Å²) in [6.45, 7) is 3.97. The Bertz CT molecular complexity index is 1230. The Balaban J connectivity index is 1.32. The van der Waals surface area contributed by atoms with E-state index in [1.165, 1.54) is 18.9 Å². The lowest BCUT2D eigenvalue weighted by Gasteiger charge is -2.13. The Kier molecular flexibility index (Phi) is 8.81. The van der Waals surface area contributed by atoms with E-state index >= 15 is 0 Å². The first-order chi connectivity index (χ1) is 17.9. The van der Waals surface area contributed by atoms with Crippen molar-refractivity contribution in [2.24, 2.45) is 0 Å². The molecule has 1 fully saturated rings. The molecule has 2 aromatic heterocycles. The van der Waals surface area contributed by atoms with Gasteiger partial charge in [-0.3, -0.25) is 14.7 Å². The second-order valence-corrected chi connectivity index (χ2v) is 9.40. The molecule has 9 nitrogen and oxygen atoms in total. The normalized spacial score (nSPS) is 14.2. The highest BCUT2D eigenvalue weighted by Crippen LogP contribution is 2.39. The molecule has 1 unspecified atom stereocenters. The van der Waals surface area contributed by atoms with Gasteiger partial charge < -0.3 is 20.3 Å². The minimum atomic E-state index is -0.354. The van der Waals surface area contributed by atoms with Crippen LogP contribution >= 0.6 is 0 Å². The molecular weight excluding hydrogens is 468 g/mol. The number of aromatic nitrogens is 3. The van der Waals surface area contributed by atoms with E-state index in [9.17, 15) is 9.59 Å². The average Bonchev–Trinajstić information content (AvgIpc) is 3.66. The van der Waals surface area contributed by atoms with Crippen molar-refractivity contribution < 1.29 is 14.3 Å². The second kappa shape index (κ2) is 12.4. The first-order valence-corrected chi connectivity index (χ1v) is 12.5. The molecule has 1 saturated carbocycles. The molecule has 0 aliphatic heterocycles. The maximum absolute atomic E-state index is 12.8. The van der Waals surface area contributed by atoms with Crippen LogP contribution < -0.4 is 10.6 Å². The largest absolute Gasteiger partial charge is 0.383 e. The number of methoxy groups -OCH3 is 1. The number of hydrogen-bond donors (Lipinski definition) is 3. The number of likely N-dealkylation sites (N-methyl/N-ethyl adjacent to an activating group) is 1. The molecule has 3 aromatic rings. The van der Waals surface area contributed by atoms with Crippen molar-refractivity contribution in [1.29, 1.82) is 0 Å². The highest BCUT2D eigenvalue weighted by atomic mass is 16.5. The predicted molar refractivity (Wildman–Crippen MR) is 144 cm³/mol. The van der Waals surface area contributed by atoms with E-state index in [-0.39, 0.29) is 17.7 Å². The minimum Gasteiger partial charge on any atom is -0.383 e. The Labute approximate surface area is 217 Å². The molecule has 4 rings (SSSR count). The molecule has 3 N–H and O–H groups in total. The lowest BCUT2D eigenvalue weighted by atomic mass is 9.96. The van der Waals surface area contributed by atoms with Gasteiger partial charge in [0.15, 0.2) is 5.82 Å². The number of hydrogen-bond acceptors (Lipinski definition) is 6. The SMILES string of the molecule is COCCN(C)C/C=C/C(=O)Nc1ccc(-c2cccc(C(C)C(=O)Nc3cc(C4CC4)[nH]n3)c2)cn1. The number of amides is 2. The molecule has 0 radical (unpaired) electrons. The predicted octanol–water partition coefficient (Wildman–Crippen LogP) is 4.16. The van der Waals surface area contributed by atoms with Gasteiger partial charge in [0.1, 0.15) is 5.82 Å². The van der Waals surface area contributed by atoms with Crippen molar-refractivity contribution in [3.05, 3.63) is 72.1 Å². The van der Waals surface area contributed by atoms with Crippen molar-refractivity contribution >= 4 is 23.5 Å². The maximum Gasteiger partial charge on any atom is 0.249 e. The number of rotatable bonds is 12. The van der Waals surface area contributed by atoms with Gasteiger partial charge >= 0.3 is 0 Å². The van der Waals surface area contributed by atoms with E-state index in [0.29, 0.717) is 30.7 Å². The number of nitrogens with one attached hydrogen (secondary N) is 3. The summed E-state index contributed by atoms with van der Waals surface area (Å²) in [5.74, 6) is 0.885. The first kappa shape index (κ1) is 26.2. The Morgan fingerprint density at radius 2 is 2.00 bits per heavy atom. The van der Waals surface area contributed by atoms with Crippen LogP contribution in [0.25, 0.3) is 11.1 Å². The van der Waals surface area contributed by atoms with Gasteiger partial charge in [0, 0.05) is 55.7 Å². The molecule has 1 atom stereocenters. The maximum atomic E-state index is 12.8. The number of carbonyl (C=O) groups is 2. The Morgan fingerprint density at radius 1 is 1.16 bits per heavy atom. The number of carbonyl (C=O) groups excluding carboxylic acids is 2. The fraction of sp³-hybridized carbons (Fsp3) is 0.357. The molecule has 9 heteroatoms. The fourth-order valence-corrected chi connectivity index (χ4v) is 3.86. The average molecular weight is 503 g/mol. The van der Waals surface area contributed by atoms with Gasteiger partial charge in [0.05, 0.1) is 12.5 Å². The molecule has 0 saturated heterocycles. The first-order valence-electron chi connectivity index (χ1n) is 12.5. The summed E-state index contributed by atoms with van der Waals surface area (Å²) in [4.78, 5) is 31.5. The van der Waals surface area contributed by atoms with Crippen LogP contribution in [0.4, 0.5) is 11.6 Å². The van der Waals surface area contributed by atoms with Crippen LogP contribution in [0.15, 0.2) is 60.8 Å². The molecule has 2 heterocycles. The molecule has 0 spiro atoms. The van der Waals surface area contributed by atoms with Gasteiger partial charge in [0.2, 0.25) is 11.8 Å². The van der Waals surface area contributed by atoms with Gasteiger partial charge in [0.25, 0.3) is 0 Å². The number of pyridine rings is 1. The van der Waals surface area contributed by atoms with Gasteiger partial charge in [-0.15, -0.1) is 0 Å². The van der Waals surface area contributed by atoms with Crippen LogP contribution in [-0.4, -0.2) is 65.7 Å². The van der Waals surface area contributed by atoms with Gasteiger partial charge in [-0.1, -0.05) is 30.3 Å². The third-order valence-corrected chi connectivity index (χ3v) is 6.36. The summed E-state index contributed by atoms with van der Waals surface area (Å²) in [6.07, 6.45) is 7.37. The van der Waals surface area contributed by atoms with Crippen molar-refractivity contribution in [2.75, 3.05) is 44.5 Å². The number of nitrogens with zero attached hydrogens (tertiary/aromatic N) is 3. The molecule has 37 heavy (non-hydrogen) atoms. The molecule has 0 bridgehead atoms. The third-order valence-electron chi connectivity index (χ3n) is 6.36. The van der Waals surface area contributed by atoms with E-state index in [1.807, 2.05) is 50.4 Å². The van der Waals surface area contributed by atoms with Crippen LogP contribution in [0.3, 0.4) is 0 Å². The summed E-state index contributed by atoms with van der Waals surface area (Å²) in [5, 5.41) is 12.9. The molecule has 1 aromatic carbocycles. The van der Waals surface area contributed by atoms with Crippen LogP contribution in [0.1, 0.15) is 42.9 Å². The number of H-pyrrole nitrogens is 1. The quantitative estimate of drug-likeness (QED) is 0.321. The molecule has 194 valence electrons. The number of aromatic amines is 1. The van der Waals surface area contributed by atoms with Crippen molar-refractivity contribution in [1.82, 2.24) is 20.1 Å². The van der Waals surface area contributed by atoms with E-state index in [2.05, 4.69) is 30.7 Å². The van der Waals surface area contributed by atoms with E-state index < -0.39 is 0 Å². The minimum absolute atomic E-state index is 0.111. The summed E-state index contributed by atoms with van der Waals surface area (Å²) < 4.78 is 5.05. The van der Waals surface area contributed by atoms with Crippen LogP contribution in [0, 0.1) is 0 Å². The van der Waals surface area contributed by atoms with E-state index in [4.69, 9.17) is 4.74 Å². The van der Waals surface area contributed by atoms with Gasteiger partial charge in [-0.2, -0.15) is 5.10 Å². The zero-order valence-electron chi connectivity index (χ0n) is 21.5. The lowest BCUT2D eigenvalue weighted by molar-refractivity contribution is -0.117. The van der Waals surface area contributed by atoms with E-state index in [1.54, 1.807) is 25.4 Å². The fourth-order valence-electron chi connectivity index (χ4n) is 3.86. The summed E-state index contributed by atoms with van der Waals surface area (Å²) in [7, 11) is 3.63. The summed E-state index contributed by atoms with van der Waals surface area (Å²) >= 11 is 0. The third kappa shape index (κ3) is 7.58. The van der Waals surface area contributed by atoms with Crippen molar-refractivity contribution in [3.63, 3.8) is 0 Å². The van der Waals surface area contributed by atoms with Crippen LogP contribution in [0.5, 0.6) is 0 Å². The second-order valence-electron chi connectivity index (χ2n) is 9.40. The van der Waals surface area contributed by atoms with Crippen molar-refractivity contribution in [3.8, 4) is 11.1 Å². The van der Waals surface area contributed by atoms with Crippen LogP contribution in [-0.2, 0) is 14.3 Å². The molecule has 1 aliphatic rings. The Hall–Kier alpha value is -3.82. The summed E-state index contributed by atoms with van der Waals surface area (Å²) in [6, 6.07) is 13.4. The lowest BCUT2D eigenvalue weighted by Crippen LogP contribution is -2.23. The summed E-state index contributed by atoms with van der Waals surface area (Å²) in [5.41, 5.74) is 3.81. The molecule has 1 aliphatic carbocycles. The zero-order chi connectivity index (χ0) is 26.2. The highest BCUT2D eigenvalue weighted by molar-refractivity contribution is 5.98. The van der Waals surface area contributed by atoms with E-state index in [0.717, 1.165) is 28.9 Å². The zero-order valence-corrected chi connectivity index (χ0v) is 21.5. The Morgan fingerprint density at radius 3 is 2.73 bits per heavy atom. The highest BCUT2D eigenvalue weighted by Gasteiger charge is 2.26. The smallest absolute Gasteiger partial charge is 0.249 e. The van der Waals surface area contributed by atoms with Crippen molar-refractivity contribution in [2.45, 2.75) is 31.6 Å². The van der Waals surface area contributed by atoms with Crippen LogP contribution in [0.2, 0.25) is 0 Å². The topological polar surface area (TPSA) is 112 Å². The number of anilines is 2. The number of ether oxygens (including phenoxy) is 1. The monoisotopic (exact) mass is 502 g/mol.